The van der Waals surface area contributed by atoms with Gasteiger partial charge in [0, 0.05) is 12.1 Å². The van der Waals surface area contributed by atoms with E-state index in [9.17, 15) is 23.1 Å². The quantitative estimate of drug-likeness (QED) is 0.430. The first-order valence-corrected chi connectivity index (χ1v) is 10.4. The van der Waals surface area contributed by atoms with Crippen LogP contribution in [-0.2, 0) is 12.6 Å². The summed E-state index contributed by atoms with van der Waals surface area (Å²) in [6.45, 7) is 1.37. The topological polar surface area (TPSA) is 113 Å². The van der Waals surface area contributed by atoms with Gasteiger partial charge in [0.25, 0.3) is 5.91 Å². The maximum Gasteiger partial charge on any atom is 0.433 e. The zero-order valence-corrected chi connectivity index (χ0v) is 17.4. The first-order chi connectivity index (χ1) is 16.1. The first-order valence-electron chi connectivity index (χ1n) is 10.4. The van der Waals surface area contributed by atoms with Crippen LogP contribution in [0.4, 0.5) is 17.6 Å². The summed E-state index contributed by atoms with van der Waals surface area (Å²) >= 11 is 0. The summed E-state index contributed by atoms with van der Waals surface area (Å²) < 4.78 is 62.4. The van der Waals surface area contributed by atoms with Crippen LogP contribution in [0.5, 0.6) is 0 Å². The molecule has 0 aromatic carbocycles. The van der Waals surface area contributed by atoms with Gasteiger partial charge < -0.3 is 19.4 Å². The van der Waals surface area contributed by atoms with Gasteiger partial charge in [-0.05, 0) is 25.1 Å². The van der Waals surface area contributed by atoms with Gasteiger partial charge in [-0.25, -0.2) is 18.9 Å². The van der Waals surface area contributed by atoms with Gasteiger partial charge in [-0.1, -0.05) is 6.07 Å². The summed E-state index contributed by atoms with van der Waals surface area (Å²) in [4.78, 5) is 25.8. The average Bonchev–Trinajstić information content (AvgIpc) is 3.52. The summed E-state index contributed by atoms with van der Waals surface area (Å²) in [7, 11) is 0. The van der Waals surface area contributed by atoms with E-state index in [1.807, 2.05) is 0 Å². The standard InChI is InChI=1S/C21H16F4N6O3/c1-8(32)19-28-16-14(22)12-6-10-15(27-7-26-10)17(30(12)20(33)18(16)34-19)11-5-9-3-2-4-13(21(23,24)25)31(9)29-11/h2-5,7-8,12,14,17,32H,6H2,1H3,(H,26,27)/t8-,12?,14?,17-/m1/s1. The third-order valence-electron chi connectivity index (χ3n) is 6.19. The van der Waals surface area contributed by atoms with Crippen molar-refractivity contribution in [3.05, 3.63) is 70.7 Å². The maximum absolute atomic E-state index is 15.7. The Labute approximate surface area is 188 Å². The van der Waals surface area contributed by atoms with Crippen molar-refractivity contribution in [2.75, 3.05) is 0 Å². The molecule has 9 nitrogen and oxygen atoms in total. The molecule has 6 heterocycles. The summed E-state index contributed by atoms with van der Waals surface area (Å²) in [5, 5.41) is 14.0. The van der Waals surface area contributed by atoms with Gasteiger partial charge in [0.15, 0.2) is 6.17 Å². The molecule has 2 N–H and O–H groups in total. The van der Waals surface area contributed by atoms with E-state index in [1.165, 1.54) is 36.4 Å². The lowest BCUT2D eigenvalue weighted by atomic mass is 9.87. The Morgan fingerprint density at radius 2 is 2.09 bits per heavy atom. The van der Waals surface area contributed by atoms with Crippen molar-refractivity contribution in [3.63, 3.8) is 0 Å². The van der Waals surface area contributed by atoms with E-state index in [0.717, 1.165) is 10.6 Å². The molecule has 2 aliphatic heterocycles. The fraction of sp³-hybridized carbons (Fsp3) is 0.333. The van der Waals surface area contributed by atoms with Crippen LogP contribution in [0.15, 0.2) is 35.0 Å². The van der Waals surface area contributed by atoms with E-state index in [2.05, 4.69) is 20.1 Å². The average molecular weight is 476 g/mol. The van der Waals surface area contributed by atoms with Crippen LogP contribution in [-0.4, -0.2) is 46.5 Å². The second-order valence-electron chi connectivity index (χ2n) is 8.31. The molecule has 2 aliphatic rings. The van der Waals surface area contributed by atoms with Crippen LogP contribution in [0.3, 0.4) is 0 Å². The van der Waals surface area contributed by atoms with Gasteiger partial charge >= 0.3 is 6.18 Å². The van der Waals surface area contributed by atoms with Gasteiger partial charge in [0.2, 0.25) is 11.7 Å². The molecular weight excluding hydrogens is 460 g/mol. The Kier molecular flexibility index (Phi) is 4.22. The molecule has 0 spiro atoms. The fourth-order valence-corrected chi connectivity index (χ4v) is 4.71. The Morgan fingerprint density at radius 1 is 1.29 bits per heavy atom. The van der Waals surface area contributed by atoms with Crippen molar-refractivity contribution in [1.29, 1.82) is 0 Å². The first kappa shape index (κ1) is 20.8. The number of nitrogens with zero attached hydrogens (tertiary/aromatic N) is 5. The number of aliphatic hydroxyl groups is 1. The molecule has 0 saturated heterocycles. The molecule has 1 amide bonds. The maximum atomic E-state index is 15.7. The third-order valence-corrected chi connectivity index (χ3v) is 6.19. The number of nitrogens with one attached hydrogen (secondary N) is 1. The molecule has 6 rings (SSSR count). The molecule has 2 unspecified atom stereocenters. The van der Waals surface area contributed by atoms with Crippen molar-refractivity contribution in [2.45, 2.75) is 43.9 Å². The molecule has 176 valence electrons. The van der Waals surface area contributed by atoms with Gasteiger partial charge in [-0.2, -0.15) is 18.3 Å². The van der Waals surface area contributed by atoms with Crippen LogP contribution in [0, 0.1) is 0 Å². The van der Waals surface area contributed by atoms with E-state index in [4.69, 9.17) is 4.42 Å². The molecule has 4 atom stereocenters. The Morgan fingerprint density at radius 3 is 2.82 bits per heavy atom. The number of amides is 1. The number of aromatic amines is 1. The fourth-order valence-electron chi connectivity index (χ4n) is 4.71. The number of oxazole rings is 1. The molecule has 0 bridgehead atoms. The van der Waals surface area contributed by atoms with Crippen molar-refractivity contribution in [1.82, 2.24) is 29.5 Å². The number of alkyl halides is 4. The Balaban J connectivity index is 1.54. The van der Waals surface area contributed by atoms with Gasteiger partial charge in [-0.15, -0.1) is 0 Å². The second-order valence-corrected chi connectivity index (χ2v) is 8.31. The number of hydrogen-bond donors (Lipinski definition) is 2. The summed E-state index contributed by atoms with van der Waals surface area (Å²) in [5.41, 5.74) is -0.0578. The zero-order valence-electron chi connectivity index (χ0n) is 17.4. The lowest BCUT2D eigenvalue weighted by Gasteiger charge is -2.43. The van der Waals surface area contributed by atoms with Crippen molar-refractivity contribution < 1.29 is 31.9 Å². The van der Waals surface area contributed by atoms with Crippen molar-refractivity contribution in [3.8, 4) is 0 Å². The Bertz CT molecular complexity index is 1440. The minimum absolute atomic E-state index is 0.0796. The van der Waals surface area contributed by atoms with Gasteiger partial charge in [0.05, 0.1) is 29.3 Å². The van der Waals surface area contributed by atoms with E-state index >= 15 is 4.39 Å². The van der Waals surface area contributed by atoms with Crippen molar-refractivity contribution >= 4 is 11.4 Å². The highest BCUT2D eigenvalue weighted by atomic mass is 19.4. The van der Waals surface area contributed by atoms with E-state index in [-0.39, 0.29) is 35.0 Å². The number of imidazole rings is 1. The van der Waals surface area contributed by atoms with E-state index in [1.54, 1.807) is 0 Å². The molecule has 0 radical (unpaired) electrons. The summed E-state index contributed by atoms with van der Waals surface area (Å²) in [5.74, 6) is -1.26. The summed E-state index contributed by atoms with van der Waals surface area (Å²) in [6, 6.07) is 2.93. The molecule has 0 aliphatic carbocycles. The largest absolute Gasteiger partial charge is 0.433 e. The number of aromatic nitrogens is 5. The highest BCUT2D eigenvalue weighted by molar-refractivity contribution is 5.95. The van der Waals surface area contributed by atoms with Crippen LogP contribution in [0.1, 0.15) is 70.2 Å². The van der Waals surface area contributed by atoms with E-state index in [0.29, 0.717) is 11.4 Å². The molecule has 13 heteroatoms. The molecule has 4 aromatic heterocycles. The van der Waals surface area contributed by atoms with Crippen LogP contribution >= 0.6 is 0 Å². The number of hydrogen-bond acceptors (Lipinski definition) is 6. The van der Waals surface area contributed by atoms with E-state index < -0.39 is 42.1 Å². The van der Waals surface area contributed by atoms with Crippen LogP contribution < -0.4 is 0 Å². The van der Waals surface area contributed by atoms with Crippen LogP contribution in [0.25, 0.3) is 5.52 Å². The molecule has 0 saturated carbocycles. The predicted octanol–water partition coefficient (Wildman–Crippen LogP) is 3.30. The number of pyridine rings is 1. The highest BCUT2D eigenvalue weighted by Crippen LogP contribution is 2.46. The number of carbonyl (C=O) groups excluding carboxylic acids is 1. The van der Waals surface area contributed by atoms with Crippen molar-refractivity contribution in [2.24, 2.45) is 0 Å². The monoisotopic (exact) mass is 476 g/mol. The summed E-state index contributed by atoms with van der Waals surface area (Å²) in [6.07, 6.45) is -6.12. The smallest absolute Gasteiger partial charge is 0.432 e. The highest BCUT2D eigenvalue weighted by Gasteiger charge is 2.52. The lowest BCUT2D eigenvalue weighted by molar-refractivity contribution is -0.142. The molecular formula is C21H16F4N6O3. The molecule has 0 fully saturated rings. The normalized spacial score (nSPS) is 23.1. The molecule has 4 aromatic rings. The minimum atomic E-state index is -4.66. The SMILES string of the molecule is C[C@@H](O)c1nc2c(o1)C(=O)N1C(Cc3[nH]cnc3[C@H]1c1cc3cccc(C(F)(F)F)n3n1)C2F. The number of fused-ring (bicyclic) bond motifs is 4. The van der Waals surface area contributed by atoms with Gasteiger partial charge in [-0.3, -0.25) is 4.79 Å². The second kappa shape index (κ2) is 6.88. The minimum Gasteiger partial charge on any atom is -0.432 e. The number of halogens is 4. The Hall–Kier alpha value is -3.74. The third kappa shape index (κ3) is 2.82. The number of H-pyrrole nitrogens is 1. The van der Waals surface area contributed by atoms with Gasteiger partial charge in [0.1, 0.15) is 23.5 Å². The number of aliphatic hydroxyl groups excluding tert-OH is 1. The zero-order chi connectivity index (χ0) is 23.9. The number of carbonyl (C=O) groups is 1. The predicted molar refractivity (Wildman–Crippen MR) is 105 cm³/mol. The number of rotatable bonds is 2. The lowest BCUT2D eigenvalue weighted by Crippen LogP contribution is -2.52. The van der Waals surface area contributed by atoms with Crippen LogP contribution in [0.2, 0.25) is 0 Å². The molecule has 34 heavy (non-hydrogen) atoms.